The Morgan fingerprint density at radius 1 is 1.00 bits per heavy atom. The molecule has 0 saturated heterocycles. The van der Waals surface area contributed by atoms with Crippen LogP contribution in [0.2, 0.25) is 0 Å². The molecule has 0 aliphatic rings. The molecule has 1 aromatic carbocycles. The Morgan fingerprint density at radius 2 is 1.40 bits per heavy atom. The van der Waals surface area contributed by atoms with Gasteiger partial charge in [-0.3, -0.25) is 5.83 Å². The van der Waals surface area contributed by atoms with Crippen LogP contribution in [0.3, 0.4) is 0 Å². The Balaban J connectivity index is 0. The topological polar surface area (TPSA) is 0 Å². The third kappa shape index (κ3) is 6.21. The predicted octanol–water partition coefficient (Wildman–Crippen LogP) is 3.04. The van der Waals surface area contributed by atoms with E-state index in [4.69, 9.17) is 0 Å². The molecule has 0 aromatic heterocycles. The maximum Gasteiger partial charge on any atom is 2.00 e. The van der Waals surface area contributed by atoms with Crippen molar-refractivity contribution in [3.8, 4) is 0 Å². The predicted molar refractivity (Wildman–Crippen MR) is 45.2 cm³/mol. The van der Waals surface area contributed by atoms with Gasteiger partial charge in [0.1, 0.15) is 0 Å². The van der Waals surface area contributed by atoms with Gasteiger partial charge in [0.05, 0.1) is 0 Å². The van der Waals surface area contributed by atoms with Crippen LogP contribution < -0.4 is 0 Å². The van der Waals surface area contributed by atoms with Crippen LogP contribution >= 0.6 is 15.9 Å². The Bertz CT molecular complexity index is 139. The van der Waals surface area contributed by atoms with Crippen molar-refractivity contribution in [1.82, 2.24) is 0 Å². The van der Waals surface area contributed by atoms with Crippen molar-refractivity contribution < 1.29 is 17.1 Å². The normalized spacial score (nSPS) is 6.60. The van der Waals surface area contributed by atoms with Crippen LogP contribution in [0.1, 0.15) is 5.56 Å². The van der Waals surface area contributed by atoms with Crippen molar-refractivity contribution in [2.24, 2.45) is 0 Å². The minimum atomic E-state index is 0. The molecule has 2 heteroatoms. The summed E-state index contributed by atoms with van der Waals surface area (Å²) in [6, 6.07) is 9.87. The molecule has 1 aromatic rings. The van der Waals surface area contributed by atoms with Gasteiger partial charge in [-0.25, -0.2) is 0 Å². The summed E-state index contributed by atoms with van der Waals surface area (Å²) in [4.78, 5) is 0. The van der Waals surface area contributed by atoms with Crippen LogP contribution in [0.4, 0.5) is 0 Å². The molecule has 0 bridgehead atoms. The van der Waals surface area contributed by atoms with E-state index in [0.29, 0.717) is 0 Å². The monoisotopic (exact) mass is 240 g/mol. The zero-order chi connectivity index (χ0) is 7.11. The fraction of sp³-hybridized carbons (Fsp3) is 0. The fourth-order valence-electron chi connectivity index (χ4n) is 0.478. The molecule has 0 spiro atoms. The van der Waals surface area contributed by atoms with Gasteiger partial charge in [0.25, 0.3) is 0 Å². The molecule has 0 nitrogen and oxygen atoms in total. The molecule has 10 heavy (non-hydrogen) atoms. The second-order valence-corrected chi connectivity index (χ2v) is 1.49. The van der Waals surface area contributed by atoms with Crippen molar-refractivity contribution in [2.75, 3.05) is 0 Å². The van der Waals surface area contributed by atoms with E-state index in [9.17, 15) is 0 Å². The number of benzene rings is 1. The van der Waals surface area contributed by atoms with Crippen molar-refractivity contribution >= 4 is 15.9 Å². The summed E-state index contributed by atoms with van der Waals surface area (Å²) in [5, 5.41) is 0. The van der Waals surface area contributed by atoms with Crippen molar-refractivity contribution in [3.05, 3.63) is 48.7 Å². The summed E-state index contributed by atoms with van der Waals surface area (Å²) in [5.41, 5.74) is 1.07. The van der Waals surface area contributed by atoms with Crippen LogP contribution in [-0.2, 0) is 17.1 Å². The average Bonchev–Trinajstić information content (AvgIpc) is 1.94. The van der Waals surface area contributed by atoms with Crippen LogP contribution in [0, 0.1) is 12.8 Å². The van der Waals surface area contributed by atoms with E-state index in [1.807, 2.05) is 30.3 Å². The second kappa shape index (κ2) is 9.09. The van der Waals surface area contributed by atoms with Gasteiger partial charge in [-0.2, -0.15) is 24.6 Å². The standard InChI is InChI=1S/C7H7.CH2Br.Fe/c1-7-5-3-2-4-6-7;1-2;/h2-6H,1H2;1H2;/q2*-1;+2. The molecule has 0 fully saturated rings. The van der Waals surface area contributed by atoms with E-state index >= 15 is 0 Å². The number of rotatable bonds is 0. The van der Waals surface area contributed by atoms with E-state index in [1.165, 1.54) is 0 Å². The zero-order valence-electron chi connectivity index (χ0n) is 5.53. The Kier molecular flexibility index (Phi) is 11.6. The molecule has 0 saturated carbocycles. The minimum Gasteiger partial charge on any atom is -0.323 e. The molecule has 0 heterocycles. The maximum atomic E-state index is 3.72. The summed E-state index contributed by atoms with van der Waals surface area (Å²) in [7, 11) is 0. The number of hydrogen-bond donors (Lipinski definition) is 0. The first kappa shape index (κ1) is 12.7. The minimum absolute atomic E-state index is 0. The van der Waals surface area contributed by atoms with Crippen LogP contribution in [-0.4, -0.2) is 0 Å². The first-order valence-electron chi connectivity index (χ1n) is 2.53. The van der Waals surface area contributed by atoms with E-state index in [0.717, 1.165) is 5.56 Å². The molecule has 0 aliphatic carbocycles. The van der Waals surface area contributed by atoms with E-state index in [1.54, 1.807) is 0 Å². The Morgan fingerprint density at radius 3 is 1.60 bits per heavy atom. The van der Waals surface area contributed by atoms with Gasteiger partial charge < -0.3 is 15.9 Å². The molecular weight excluding hydrogens is 232 g/mol. The summed E-state index contributed by atoms with van der Waals surface area (Å²) >= 11 is 2.69. The van der Waals surface area contributed by atoms with Gasteiger partial charge >= 0.3 is 17.1 Å². The van der Waals surface area contributed by atoms with Gasteiger partial charge in [-0.1, -0.05) is 6.07 Å². The van der Waals surface area contributed by atoms with Crippen molar-refractivity contribution in [3.63, 3.8) is 0 Å². The Labute approximate surface area is 81.6 Å². The quantitative estimate of drug-likeness (QED) is 0.483. The third-order valence-corrected chi connectivity index (χ3v) is 0.843. The molecule has 0 N–H and O–H groups in total. The largest absolute Gasteiger partial charge is 2.00 e. The average molecular weight is 241 g/mol. The zero-order valence-corrected chi connectivity index (χ0v) is 8.22. The second-order valence-electron chi connectivity index (χ2n) is 1.49. The summed E-state index contributed by atoms with van der Waals surface area (Å²) < 4.78 is 0. The van der Waals surface area contributed by atoms with E-state index in [2.05, 4.69) is 28.7 Å². The molecular formula is C8H9BrFe. The molecule has 0 aliphatic heterocycles. The SMILES string of the molecule is [CH2-]Br.[CH2-]c1ccccc1.[Fe+2]. The first-order valence-corrected chi connectivity index (χ1v) is 3.65. The number of hydrogen-bond acceptors (Lipinski definition) is 0. The summed E-state index contributed by atoms with van der Waals surface area (Å²) in [5.74, 6) is 3.06. The van der Waals surface area contributed by atoms with Gasteiger partial charge in [-0.15, -0.1) is 12.1 Å². The molecule has 0 unspecified atom stereocenters. The smallest absolute Gasteiger partial charge is 0.323 e. The van der Waals surface area contributed by atoms with E-state index < -0.39 is 0 Å². The van der Waals surface area contributed by atoms with Gasteiger partial charge in [0.2, 0.25) is 0 Å². The van der Waals surface area contributed by atoms with Gasteiger partial charge in [0.15, 0.2) is 0 Å². The molecule has 0 amide bonds. The molecule has 1 rings (SSSR count). The van der Waals surface area contributed by atoms with Crippen molar-refractivity contribution in [2.45, 2.75) is 0 Å². The maximum absolute atomic E-state index is 3.72. The fourth-order valence-corrected chi connectivity index (χ4v) is 0.478. The summed E-state index contributed by atoms with van der Waals surface area (Å²) in [6.45, 7) is 3.72. The van der Waals surface area contributed by atoms with Crippen LogP contribution in [0.15, 0.2) is 30.3 Å². The first-order chi connectivity index (χ1) is 4.39. The molecule has 56 valence electrons. The molecule has 0 radical (unpaired) electrons. The van der Waals surface area contributed by atoms with Gasteiger partial charge in [-0.05, 0) is 0 Å². The third-order valence-electron chi connectivity index (χ3n) is 0.843. The van der Waals surface area contributed by atoms with Crippen LogP contribution in [0.5, 0.6) is 0 Å². The van der Waals surface area contributed by atoms with Gasteiger partial charge in [0, 0.05) is 0 Å². The number of halogens is 1. The van der Waals surface area contributed by atoms with Crippen molar-refractivity contribution in [1.29, 1.82) is 0 Å². The van der Waals surface area contributed by atoms with Crippen LogP contribution in [0.25, 0.3) is 0 Å². The Hall–Kier alpha value is 0.0895. The molecule has 0 atom stereocenters. The summed E-state index contributed by atoms with van der Waals surface area (Å²) in [6.07, 6.45) is 0. The van der Waals surface area contributed by atoms with E-state index in [-0.39, 0.29) is 17.1 Å².